The van der Waals surface area contributed by atoms with Crippen molar-refractivity contribution in [3.63, 3.8) is 0 Å². The summed E-state index contributed by atoms with van der Waals surface area (Å²) in [5.74, 6) is -1.00. The Morgan fingerprint density at radius 2 is 2.00 bits per heavy atom. The zero-order chi connectivity index (χ0) is 27.4. The SMILES string of the molecule is Cn1ncc(C(F)(F)F)c1Oc1cnn(C(CC2CCCC2)C(=O)Nc2ccn(C[C@@H](O)CO)n2)c(=O)c1. The molecule has 3 aromatic heterocycles. The van der Waals surface area contributed by atoms with Gasteiger partial charge < -0.3 is 20.3 Å². The lowest BCUT2D eigenvalue weighted by atomic mass is 9.98. The maximum Gasteiger partial charge on any atom is 0.423 e. The molecule has 15 heteroatoms. The molecule has 0 saturated heterocycles. The first-order valence-corrected chi connectivity index (χ1v) is 12.0. The van der Waals surface area contributed by atoms with Crippen LogP contribution in [-0.4, -0.2) is 58.2 Å². The molecule has 1 aliphatic carbocycles. The summed E-state index contributed by atoms with van der Waals surface area (Å²) in [4.78, 5) is 26.3. The second kappa shape index (κ2) is 11.3. The van der Waals surface area contributed by atoms with Crippen LogP contribution >= 0.6 is 0 Å². The number of rotatable bonds is 10. The minimum Gasteiger partial charge on any atom is -0.437 e. The molecule has 206 valence electrons. The first-order chi connectivity index (χ1) is 18.0. The van der Waals surface area contributed by atoms with Crippen molar-refractivity contribution in [3.8, 4) is 11.6 Å². The molecular weight excluding hydrogens is 511 g/mol. The molecule has 38 heavy (non-hydrogen) atoms. The number of carbonyl (C=O) groups excluding carboxylic acids is 1. The van der Waals surface area contributed by atoms with Gasteiger partial charge in [0.2, 0.25) is 5.88 Å². The Bertz CT molecular complexity index is 1310. The fourth-order valence-corrected chi connectivity index (χ4v) is 4.44. The van der Waals surface area contributed by atoms with E-state index in [2.05, 4.69) is 20.6 Å². The van der Waals surface area contributed by atoms with Crippen LogP contribution in [0.25, 0.3) is 0 Å². The quantitative estimate of drug-likeness (QED) is 0.355. The number of aliphatic hydroxyl groups is 2. The number of halogens is 3. The summed E-state index contributed by atoms with van der Waals surface area (Å²) in [5.41, 5.74) is -1.83. The Kier molecular flexibility index (Phi) is 8.16. The molecule has 0 bridgehead atoms. The lowest BCUT2D eigenvalue weighted by Gasteiger charge is -2.21. The smallest absolute Gasteiger partial charge is 0.423 e. The number of aromatic nitrogens is 6. The van der Waals surface area contributed by atoms with Crippen molar-refractivity contribution in [3.05, 3.63) is 46.6 Å². The van der Waals surface area contributed by atoms with Gasteiger partial charge in [0.1, 0.15) is 11.6 Å². The van der Waals surface area contributed by atoms with Crippen molar-refractivity contribution in [2.24, 2.45) is 13.0 Å². The van der Waals surface area contributed by atoms with Gasteiger partial charge in [-0.1, -0.05) is 25.7 Å². The second-order valence-electron chi connectivity index (χ2n) is 9.21. The van der Waals surface area contributed by atoms with E-state index in [1.54, 1.807) is 0 Å². The number of hydrogen-bond acceptors (Lipinski definition) is 8. The third kappa shape index (κ3) is 6.39. The van der Waals surface area contributed by atoms with Crippen LogP contribution in [-0.2, 0) is 24.6 Å². The highest BCUT2D eigenvalue weighted by Gasteiger charge is 2.37. The lowest BCUT2D eigenvalue weighted by Crippen LogP contribution is -2.36. The summed E-state index contributed by atoms with van der Waals surface area (Å²) in [6.45, 7) is -0.426. The van der Waals surface area contributed by atoms with Gasteiger partial charge in [0, 0.05) is 25.4 Å². The monoisotopic (exact) mass is 539 g/mol. The number of nitrogens with zero attached hydrogens (tertiary/aromatic N) is 6. The van der Waals surface area contributed by atoms with E-state index in [1.807, 2.05) is 0 Å². The summed E-state index contributed by atoms with van der Waals surface area (Å²) in [6.07, 6.45) is 1.65. The zero-order valence-corrected chi connectivity index (χ0v) is 20.5. The predicted molar refractivity (Wildman–Crippen MR) is 126 cm³/mol. The van der Waals surface area contributed by atoms with Crippen molar-refractivity contribution in [1.82, 2.24) is 29.3 Å². The van der Waals surface area contributed by atoms with E-state index in [0.717, 1.165) is 47.3 Å². The van der Waals surface area contributed by atoms with Crippen LogP contribution in [0.3, 0.4) is 0 Å². The van der Waals surface area contributed by atoms with Gasteiger partial charge in [0.15, 0.2) is 11.6 Å². The Morgan fingerprint density at radius 1 is 1.26 bits per heavy atom. The highest BCUT2D eigenvalue weighted by Crippen LogP contribution is 2.37. The summed E-state index contributed by atoms with van der Waals surface area (Å²) >= 11 is 0. The fourth-order valence-electron chi connectivity index (χ4n) is 4.44. The number of alkyl halides is 3. The number of nitrogens with one attached hydrogen (secondary N) is 1. The number of aliphatic hydroxyl groups excluding tert-OH is 2. The van der Waals surface area contributed by atoms with Crippen LogP contribution in [0.15, 0.2) is 35.5 Å². The zero-order valence-electron chi connectivity index (χ0n) is 20.5. The Balaban J connectivity index is 1.56. The van der Waals surface area contributed by atoms with Crippen molar-refractivity contribution in [2.45, 2.75) is 57.0 Å². The standard InChI is InChI=1S/C23H28F3N7O5/c1-31-22(17(11-27-31)23(24,25)26)38-16-9-20(36)33(28-10-16)18(8-14-4-2-3-5-14)21(37)29-19-6-7-32(30-19)12-15(35)13-34/h6-7,9-11,14-15,18,34-35H,2-5,8,12-13H2,1H3,(H,29,30,37)/t15-,18?/m1/s1. The molecule has 0 aromatic carbocycles. The highest BCUT2D eigenvalue weighted by molar-refractivity contribution is 5.92. The van der Waals surface area contributed by atoms with Crippen LogP contribution in [0.5, 0.6) is 11.6 Å². The van der Waals surface area contributed by atoms with Crippen molar-refractivity contribution in [1.29, 1.82) is 0 Å². The van der Waals surface area contributed by atoms with Crippen LogP contribution in [0, 0.1) is 5.92 Å². The molecular formula is C23H28F3N7O5. The maximum atomic E-state index is 13.3. The largest absolute Gasteiger partial charge is 0.437 e. The maximum absolute atomic E-state index is 13.3. The van der Waals surface area contributed by atoms with Crippen molar-refractivity contribution < 1.29 is 32.9 Å². The van der Waals surface area contributed by atoms with E-state index >= 15 is 0 Å². The van der Waals surface area contributed by atoms with Gasteiger partial charge >= 0.3 is 6.18 Å². The molecule has 1 aliphatic rings. The first-order valence-electron chi connectivity index (χ1n) is 12.0. The molecule has 4 rings (SSSR count). The van der Waals surface area contributed by atoms with E-state index in [1.165, 1.54) is 24.0 Å². The van der Waals surface area contributed by atoms with E-state index in [0.29, 0.717) is 12.6 Å². The molecule has 2 atom stereocenters. The lowest BCUT2D eigenvalue weighted by molar-refractivity contribution is -0.138. The average Bonchev–Trinajstić information content (AvgIpc) is 3.60. The minimum absolute atomic E-state index is 0.0209. The number of anilines is 1. The number of carbonyl (C=O) groups is 1. The molecule has 1 fully saturated rings. The van der Waals surface area contributed by atoms with E-state index in [4.69, 9.17) is 9.84 Å². The van der Waals surface area contributed by atoms with Gasteiger partial charge in [0.05, 0.1) is 31.6 Å². The van der Waals surface area contributed by atoms with Crippen LogP contribution in [0.2, 0.25) is 0 Å². The van der Waals surface area contributed by atoms with Gasteiger partial charge in [-0.05, 0) is 12.3 Å². The van der Waals surface area contributed by atoms with Crippen molar-refractivity contribution >= 4 is 11.7 Å². The predicted octanol–water partition coefficient (Wildman–Crippen LogP) is 2.10. The summed E-state index contributed by atoms with van der Waals surface area (Å²) in [7, 11) is 1.27. The minimum atomic E-state index is -4.71. The normalized spacial score (nSPS) is 15.9. The Labute approximate surface area is 214 Å². The van der Waals surface area contributed by atoms with Gasteiger partial charge in [-0.2, -0.15) is 28.5 Å². The van der Waals surface area contributed by atoms with Gasteiger partial charge in [-0.3, -0.25) is 14.3 Å². The molecule has 1 saturated carbocycles. The van der Waals surface area contributed by atoms with Gasteiger partial charge in [-0.15, -0.1) is 0 Å². The molecule has 3 heterocycles. The summed E-state index contributed by atoms with van der Waals surface area (Å²) in [6, 6.07) is 1.48. The van der Waals surface area contributed by atoms with Crippen LogP contribution < -0.4 is 15.6 Å². The molecule has 0 aliphatic heterocycles. The average molecular weight is 540 g/mol. The molecule has 0 radical (unpaired) electrons. The Hall–Kier alpha value is -3.72. The second-order valence-corrected chi connectivity index (χ2v) is 9.21. The van der Waals surface area contributed by atoms with Crippen LogP contribution in [0.1, 0.15) is 43.7 Å². The number of ether oxygens (including phenoxy) is 1. The van der Waals surface area contributed by atoms with Crippen molar-refractivity contribution in [2.75, 3.05) is 11.9 Å². The summed E-state index contributed by atoms with van der Waals surface area (Å²) < 4.78 is 48.3. The fraction of sp³-hybridized carbons (Fsp3) is 0.522. The highest BCUT2D eigenvalue weighted by atomic mass is 19.4. The molecule has 1 unspecified atom stereocenters. The molecule has 12 nitrogen and oxygen atoms in total. The molecule has 3 N–H and O–H groups in total. The third-order valence-corrected chi connectivity index (χ3v) is 6.33. The third-order valence-electron chi connectivity index (χ3n) is 6.33. The van der Waals surface area contributed by atoms with E-state index in [-0.39, 0.29) is 24.0 Å². The van der Waals surface area contributed by atoms with E-state index in [9.17, 15) is 27.9 Å². The molecule has 0 spiro atoms. The van der Waals surface area contributed by atoms with Gasteiger partial charge in [0.25, 0.3) is 11.5 Å². The van der Waals surface area contributed by atoms with Gasteiger partial charge in [-0.25, -0.2) is 9.36 Å². The Morgan fingerprint density at radius 3 is 2.66 bits per heavy atom. The first kappa shape index (κ1) is 27.3. The number of aryl methyl sites for hydroxylation is 1. The van der Waals surface area contributed by atoms with Crippen LogP contribution in [0.4, 0.5) is 19.0 Å². The molecule has 1 amide bonds. The topological polar surface area (TPSA) is 149 Å². The number of hydrogen-bond donors (Lipinski definition) is 3. The van der Waals surface area contributed by atoms with E-state index < -0.39 is 47.8 Å². The number of amides is 1. The molecule has 3 aromatic rings. The summed E-state index contributed by atoms with van der Waals surface area (Å²) in [5, 5.41) is 33.0.